The summed E-state index contributed by atoms with van der Waals surface area (Å²) in [5.41, 5.74) is 7.43. The predicted octanol–water partition coefficient (Wildman–Crippen LogP) is 4.31. The van der Waals surface area contributed by atoms with Crippen LogP contribution >= 0.6 is 0 Å². The molecular weight excluding hydrogens is 482 g/mol. The molecule has 0 aliphatic rings. The van der Waals surface area contributed by atoms with Gasteiger partial charge in [-0.15, -0.1) is 5.10 Å². The van der Waals surface area contributed by atoms with Crippen molar-refractivity contribution in [3.63, 3.8) is 0 Å². The molecule has 0 saturated carbocycles. The van der Waals surface area contributed by atoms with E-state index < -0.39 is 18.5 Å². The smallest absolute Gasteiger partial charge is 0.378 e. The highest BCUT2D eigenvalue weighted by atomic mass is 16.5. The topological polar surface area (TPSA) is 116 Å². The molecule has 38 heavy (non-hydrogen) atoms. The molecule has 5 aromatic rings. The number of fused-ring (bicyclic) bond motifs is 1. The van der Waals surface area contributed by atoms with Gasteiger partial charge in [0.15, 0.2) is 6.61 Å². The Morgan fingerprint density at radius 3 is 2.37 bits per heavy atom. The number of nitrogens with zero attached hydrogens (tertiary/aromatic N) is 6. The summed E-state index contributed by atoms with van der Waals surface area (Å²) in [6, 6.07) is 17.3. The molecule has 0 saturated heterocycles. The zero-order valence-corrected chi connectivity index (χ0v) is 21.8. The first kappa shape index (κ1) is 24.8. The molecule has 10 heteroatoms. The Kier molecular flexibility index (Phi) is 6.46. The van der Waals surface area contributed by atoms with Crippen LogP contribution in [-0.4, -0.2) is 47.8 Å². The number of benzene rings is 2. The number of anilines is 1. The van der Waals surface area contributed by atoms with Crippen LogP contribution in [0.5, 0.6) is 0 Å². The van der Waals surface area contributed by atoms with E-state index in [1.165, 1.54) is 10.1 Å². The average molecular weight is 510 g/mol. The Morgan fingerprint density at radius 2 is 1.61 bits per heavy atom. The molecule has 2 aromatic carbocycles. The third kappa shape index (κ3) is 4.88. The van der Waals surface area contributed by atoms with Gasteiger partial charge in [0, 0.05) is 23.0 Å². The summed E-state index contributed by atoms with van der Waals surface area (Å²) in [6.07, 6.45) is 0. The Hall–Kier alpha value is -4.86. The second kappa shape index (κ2) is 9.89. The van der Waals surface area contributed by atoms with Crippen molar-refractivity contribution in [3.8, 4) is 16.9 Å². The van der Waals surface area contributed by atoms with E-state index in [0.717, 1.165) is 33.8 Å². The van der Waals surface area contributed by atoms with Crippen LogP contribution in [-0.2, 0) is 9.53 Å². The van der Waals surface area contributed by atoms with Gasteiger partial charge < -0.3 is 10.1 Å². The number of hydrogen-bond donors (Lipinski definition) is 1. The molecule has 0 bridgehead atoms. The molecule has 10 nitrogen and oxygen atoms in total. The molecule has 1 N–H and O–H groups in total. The van der Waals surface area contributed by atoms with Crippen LogP contribution in [0.15, 0.2) is 54.6 Å². The molecule has 0 unspecified atom stereocenters. The van der Waals surface area contributed by atoms with Crippen LogP contribution in [0, 0.1) is 34.6 Å². The lowest BCUT2D eigenvalue weighted by Gasteiger charge is -2.09. The Labute approximate surface area is 219 Å². The van der Waals surface area contributed by atoms with Gasteiger partial charge in [-0.3, -0.25) is 4.79 Å². The fourth-order valence-corrected chi connectivity index (χ4v) is 4.23. The van der Waals surface area contributed by atoms with Crippen LogP contribution in [0.4, 0.5) is 5.82 Å². The van der Waals surface area contributed by atoms with Crippen LogP contribution in [0.2, 0.25) is 0 Å². The second-order valence-electron chi connectivity index (χ2n) is 9.22. The molecule has 0 atom stereocenters. The van der Waals surface area contributed by atoms with E-state index in [0.29, 0.717) is 17.3 Å². The number of aryl methyl sites for hydroxylation is 5. The van der Waals surface area contributed by atoms with Gasteiger partial charge in [-0.2, -0.15) is 10.1 Å². The molecule has 0 aliphatic heterocycles. The van der Waals surface area contributed by atoms with Crippen molar-refractivity contribution in [1.82, 2.24) is 29.4 Å². The summed E-state index contributed by atoms with van der Waals surface area (Å²) >= 11 is 0. The molecule has 5 rings (SSSR count). The van der Waals surface area contributed by atoms with Gasteiger partial charge in [0.05, 0.1) is 11.4 Å². The summed E-state index contributed by atoms with van der Waals surface area (Å²) in [5.74, 6) is -0.759. The first-order chi connectivity index (χ1) is 18.2. The minimum absolute atomic E-state index is 0.166. The monoisotopic (exact) mass is 509 g/mol. The van der Waals surface area contributed by atoms with Gasteiger partial charge >= 0.3 is 5.97 Å². The molecule has 192 valence electrons. The number of carbonyl (C=O) groups excluding carboxylic acids is 2. The van der Waals surface area contributed by atoms with Crippen molar-refractivity contribution >= 4 is 23.5 Å². The number of aromatic nitrogens is 6. The second-order valence-corrected chi connectivity index (χ2v) is 9.22. The van der Waals surface area contributed by atoms with E-state index in [1.54, 1.807) is 4.68 Å². The quantitative estimate of drug-likeness (QED) is 0.339. The van der Waals surface area contributed by atoms with Crippen LogP contribution in [0.1, 0.15) is 38.7 Å². The van der Waals surface area contributed by atoms with Crippen molar-refractivity contribution < 1.29 is 14.3 Å². The van der Waals surface area contributed by atoms with E-state index in [4.69, 9.17) is 9.84 Å². The number of hydrogen-bond acceptors (Lipinski definition) is 7. The minimum Gasteiger partial charge on any atom is -0.450 e. The molecule has 0 radical (unpaired) electrons. The van der Waals surface area contributed by atoms with E-state index in [2.05, 4.69) is 46.4 Å². The zero-order valence-electron chi connectivity index (χ0n) is 21.8. The molecule has 0 fully saturated rings. The summed E-state index contributed by atoms with van der Waals surface area (Å²) in [7, 11) is 0. The number of nitrogens with one attached hydrogen (secondary N) is 1. The third-order valence-corrected chi connectivity index (χ3v) is 6.23. The summed E-state index contributed by atoms with van der Waals surface area (Å²) in [5, 5.41) is 11.8. The fraction of sp³-hybridized carbons (Fsp3) is 0.214. The Balaban J connectivity index is 1.37. The van der Waals surface area contributed by atoms with E-state index >= 15 is 0 Å². The lowest BCUT2D eigenvalue weighted by Crippen LogP contribution is -2.22. The van der Waals surface area contributed by atoms with Crippen LogP contribution < -0.4 is 5.32 Å². The number of rotatable bonds is 6. The standard InChI is InChI=1S/C28H27N7O3/c1-16-11-18(3)22(12-17(16)2)23-14-24(35(32-23)21-9-7-6-8-10-21)30-25(36)15-38-27(37)26-31-28-29-19(4)13-20(5)34(28)33-26/h6-14H,15H2,1-5H3,(H,30,36). The highest BCUT2D eigenvalue weighted by Crippen LogP contribution is 2.29. The maximum atomic E-state index is 12.8. The number of para-hydroxylation sites is 1. The van der Waals surface area contributed by atoms with Gasteiger partial charge in [0.2, 0.25) is 0 Å². The first-order valence-corrected chi connectivity index (χ1v) is 12.1. The molecule has 3 heterocycles. The molecule has 1 amide bonds. The molecule has 0 aliphatic carbocycles. The van der Waals surface area contributed by atoms with E-state index in [9.17, 15) is 9.59 Å². The normalized spacial score (nSPS) is 11.1. The van der Waals surface area contributed by atoms with Crippen molar-refractivity contribution in [2.75, 3.05) is 11.9 Å². The number of carbonyl (C=O) groups is 2. The van der Waals surface area contributed by atoms with Crippen molar-refractivity contribution in [2.45, 2.75) is 34.6 Å². The number of amides is 1. The van der Waals surface area contributed by atoms with Gasteiger partial charge in [0.25, 0.3) is 17.5 Å². The summed E-state index contributed by atoms with van der Waals surface area (Å²) in [6.45, 7) is 9.31. The Bertz CT molecular complexity index is 1690. The Morgan fingerprint density at radius 1 is 0.868 bits per heavy atom. The third-order valence-electron chi connectivity index (χ3n) is 6.23. The van der Waals surface area contributed by atoms with Gasteiger partial charge in [-0.05, 0) is 75.6 Å². The SMILES string of the molecule is Cc1cc(C)n2nc(C(=O)OCC(=O)Nc3cc(-c4cc(C)c(C)cc4C)nn3-c3ccccc3)nc2n1. The molecule has 0 spiro atoms. The van der Waals surface area contributed by atoms with E-state index in [1.807, 2.05) is 63.2 Å². The first-order valence-electron chi connectivity index (χ1n) is 12.1. The highest BCUT2D eigenvalue weighted by molar-refractivity contribution is 5.94. The number of esters is 1. The minimum atomic E-state index is -0.814. The molecule has 3 aromatic heterocycles. The summed E-state index contributed by atoms with van der Waals surface area (Å²) < 4.78 is 8.31. The van der Waals surface area contributed by atoms with Gasteiger partial charge in [-0.1, -0.05) is 24.3 Å². The van der Waals surface area contributed by atoms with Crippen molar-refractivity contribution in [1.29, 1.82) is 0 Å². The highest BCUT2D eigenvalue weighted by Gasteiger charge is 2.20. The van der Waals surface area contributed by atoms with Gasteiger partial charge in [0.1, 0.15) is 5.82 Å². The fourth-order valence-electron chi connectivity index (χ4n) is 4.23. The largest absolute Gasteiger partial charge is 0.450 e. The molecular formula is C28H27N7O3. The lowest BCUT2D eigenvalue weighted by atomic mass is 9.99. The zero-order chi connectivity index (χ0) is 27.0. The maximum Gasteiger partial charge on any atom is 0.378 e. The van der Waals surface area contributed by atoms with Gasteiger partial charge in [-0.25, -0.2) is 19.0 Å². The summed E-state index contributed by atoms with van der Waals surface area (Å²) in [4.78, 5) is 33.8. The van der Waals surface area contributed by atoms with Crippen LogP contribution in [0.3, 0.4) is 0 Å². The number of ether oxygens (including phenoxy) is 1. The maximum absolute atomic E-state index is 12.8. The van der Waals surface area contributed by atoms with Crippen molar-refractivity contribution in [2.24, 2.45) is 0 Å². The lowest BCUT2D eigenvalue weighted by molar-refractivity contribution is -0.119. The average Bonchev–Trinajstić information content (AvgIpc) is 3.50. The predicted molar refractivity (Wildman–Crippen MR) is 142 cm³/mol. The van der Waals surface area contributed by atoms with Crippen molar-refractivity contribution in [3.05, 3.63) is 88.5 Å². The van der Waals surface area contributed by atoms with E-state index in [-0.39, 0.29) is 5.82 Å². The van der Waals surface area contributed by atoms with Crippen LogP contribution in [0.25, 0.3) is 22.7 Å².